The Kier molecular flexibility index (Phi) is 2.21. The summed E-state index contributed by atoms with van der Waals surface area (Å²) in [6.45, 7) is 0.604. The number of hydrogen-bond acceptors (Lipinski definition) is 4. The van der Waals surface area contributed by atoms with Crippen LogP contribution in [-0.4, -0.2) is 17.6 Å². The lowest BCUT2D eigenvalue weighted by molar-refractivity contribution is 0.475. The third-order valence-corrected chi connectivity index (χ3v) is 2.44. The summed E-state index contributed by atoms with van der Waals surface area (Å²) >= 11 is 5.78. The Balaban J connectivity index is 2.22. The standard InChI is InChI=1S/C9H10ClN3O/c10-6-3-5(1-2-8(6)14)7-4-12-9(11)13-7/h1-3,7,14H,4H2,(H3,11,12,13). The van der Waals surface area contributed by atoms with Crippen LogP contribution in [0, 0.1) is 0 Å². The van der Waals surface area contributed by atoms with E-state index in [0.29, 0.717) is 17.5 Å². The van der Waals surface area contributed by atoms with Crippen LogP contribution in [0.1, 0.15) is 11.6 Å². The molecule has 0 radical (unpaired) electrons. The van der Waals surface area contributed by atoms with Gasteiger partial charge in [-0.25, -0.2) is 0 Å². The Morgan fingerprint density at radius 2 is 2.36 bits per heavy atom. The molecule has 2 rings (SSSR count). The van der Waals surface area contributed by atoms with Crippen molar-refractivity contribution in [3.05, 3.63) is 28.8 Å². The lowest BCUT2D eigenvalue weighted by Crippen LogP contribution is -2.29. The van der Waals surface area contributed by atoms with Gasteiger partial charge in [0.1, 0.15) is 5.75 Å². The molecule has 1 unspecified atom stereocenters. The van der Waals surface area contributed by atoms with Crippen LogP contribution in [0.3, 0.4) is 0 Å². The fraction of sp³-hybridized carbons (Fsp3) is 0.222. The second-order valence-corrected chi connectivity index (χ2v) is 3.54. The Bertz CT molecular complexity index is 392. The first-order valence-corrected chi connectivity index (χ1v) is 4.59. The van der Waals surface area contributed by atoms with Crippen molar-refractivity contribution in [3.63, 3.8) is 0 Å². The molecule has 5 heteroatoms. The lowest BCUT2D eigenvalue weighted by atomic mass is 10.1. The second kappa shape index (κ2) is 3.38. The minimum atomic E-state index is 0.0631. The quantitative estimate of drug-likeness (QED) is 0.649. The molecule has 1 aromatic rings. The maximum Gasteiger partial charge on any atom is 0.189 e. The zero-order valence-electron chi connectivity index (χ0n) is 7.37. The minimum Gasteiger partial charge on any atom is -0.506 e. The predicted molar refractivity (Wildman–Crippen MR) is 55.5 cm³/mol. The topological polar surface area (TPSA) is 70.6 Å². The Labute approximate surface area is 86.4 Å². The van der Waals surface area contributed by atoms with Crippen LogP contribution in [-0.2, 0) is 0 Å². The summed E-state index contributed by atoms with van der Waals surface area (Å²) in [5.74, 6) is 0.529. The van der Waals surface area contributed by atoms with Crippen LogP contribution in [0.15, 0.2) is 23.2 Å². The minimum absolute atomic E-state index is 0.0631. The molecule has 0 saturated carbocycles. The van der Waals surface area contributed by atoms with E-state index in [9.17, 15) is 5.11 Å². The predicted octanol–water partition coefficient (Wildman–Crippen LogP) is 1.00. The van der Waals surface area contributed by atoms with Crippen LogP contribution < -0.4 is 11.1 Å². The molecule has 1 atom stereocenters. The number of hydrogen-bond donors (Lipinski definition) is 3. The molecule has 1 heterocycles. The van der Waals surface area contributed by atoms with Gasteiger partial charge in [-0.1, -0.05) is 17.7 Å². The van der Waals surface area contributed by atoms with E-state index in [-0.39, 0.29) is 11.8 Å². The van der Waals surface area contributed by atoms with Gasteiger partial charge in [0.15, 0.2) is 5.96 Å². The monoisotopic (exact) mass is 211 g/mol. The number of phenols is 1. The summed E-state index contributed by atoms with van der Waals surface area (Å²) in [4.78, 5) is 4.02. The van der Waals surface area contributed by atoms with E-state index >= 15 is 0 Å². The molecule has 0 amide bonds. The smallest absolute Gasteiger partial charge is 0.189 e. The normalized spacial score (nSPS) is 20.4. The summed E-state index contributed by atoms with van der Waals surface area (Å²) in [7, 11) is 0. The van der Waals surface area contributed by atoms with Gasteiger partial charge in [0.05, 0.1) is 17.6 Å². The molecular formula is C9H10ClN3O. The zero-order valence-corrected chi connectivity index (χ0v) is 8.12. The highest BCUT2D eigenvalue weighted by Gasteiger charge is 2.17. The molecular weight excluding hydrogens is 202 g/mol. The summed E-state index contributed by atoms with van der Waals surface area (Å²) in [5, 5.41) is 12.6. The fourth-order valence-corrected chi connectivity index (χ4v) is 1.58. The van der Waals surface area contributed by atoms with Crippen molar-refractivity contribution in [2.75, 3.05) is 6.54 Å². The maximum atomic E-state index is 9.23. The number of guanidine groups is 1. The summed E-state index contributed by atoms with van der Waals surface area (Å²) in [6, 6.07) is 5.14. The molecule has 4 N–H and O–H groups in total. The highest BCUT2D eigenvalue weighted by molar-refractivity contribution is 6.32. The van der Waals surface area contributed by atoms with Gasteiger partial charge in [0.25, 0.3) is 0 Å². The summed E-state index contributed by atoms with van der Waals surface area (Å²) in [6.07, 6.45) is 0. The average molecular weight is 212 g/mol. The summed E-state index contributed by atoms with van der Waals surface area (Å²) in [5.41, 5.74) is 6.46. The van der Waals surface area contributed by atoms with Crippen LogP contribution in [0.25, 0.3) is 0 Å². The third-order valence-electron chi connectivity index (χ3n) is 2.14. The molecule has 1 aliphatic rings. The summed E-state index contributed by atoms with van der Waals surface area (Å²) < 4.78 is 0. The molecule has 74 valence electrons. The highest BCUT2D eigenvalue weighted by Crippen LogP contribution is 2.27. The molecule has 14 heavy (non-hydrogen) atoms. The maximum absolute atomic E-state index is 9.23. The Hall–Kier alpha value is -1.42. The lowest BCUT2D eigenvalue weighted by Gasteiger charge is -2.11. The van der Waals surface area contributed by atoms with Crippen molar-refractivity contribution >= 4 is 17.6 Å². The highest BCUT2D eigenvalue weighted by atomic mass is 35.5. The molecule has 4 nitrogen and oxygen atoms in total. The number of nitrogens with one attached hydrogen (secondary N) is 1. The fourth-order valence-electron chi connectivity index (χ4n) is 1.39. The number of aliphatic imine (C=N–C) groups is 1. The Morgan fingerprint density at radius 3 is 2.93 bits per heavy atom. The SMILES string of the molecule is NC1=NCC(c2ccc(O)c(Cl)c2)N1. The van der Waals surface area contributed by atoms with Gasteiger partial charge in [0, 0.05) is 0 Å². The van der Waals surface area contributed by atoms with E-state index in [1.165, 1.54) is 0 Å². The van der Waals surface area contributed by atoms with Gasteiger partial charge >= 0.3 is 0 Å². The number of nitrogens with two attached hydrogens (primary N) is 1. The number of phenolic OH excluding ortho intramolecular Hbond substituents is 1. The van der Waals surface area contributed by atoms with E-state index in [4.69, 9.17) is 17.3 Å². The number of halogens is 1. The zero-order chi connectivity index (χ0) is 10.1. The van der Waals surface area contributed by atoms with Gasteiger partial charge in [-0.2, -0.15) is 0 Å². The van der Waals surface area contributed by atoms with Gasteiger partial charge in [0.2, 0.25) is 0 Å². The average Bonchev–Trinajstić information content (AvgIpc) is 2.57. The molecule has 0 aromatic heterocycles. The van der Waals surface area contributed by atoms with Crippen LogP contribution in [0.4, 0.5) is 0 Å². The molecule has 0 saturated heterocycles. The van der Waals surface area contributed by atoms with Gasteiger partial charge in [-0.05, 0) is 17.7 Å². The second-order valence-electron chi connectivity index (χ2n) is 3.13. The van der Waals surface area contributed by atoms with Crippen molar-refractivity contribution in [2.24, 2.45) is 10.7 Å². The van der Waals surface area contributed by atoms with E-state index in [2.05, 4.69) is 10.3 Å². The molecule has 0 bridgehead atoms. The number of aromatic hydroxyl groups is 1. The number of benzene rings is 1. The van der Waals surface area contributed by atoms with Gasteiger partial charge in [-0.3, -0.25) is 4.99 Å². The molecule has 0 fully saturated rings. The first-order chi connectivity index (χ1) is 6.66. The van der Waals surface area contributed by atoms with E-state index in [1.54, 1.807) is 18.2 Å². The molecule has 1 aromatic carbocycles. The third kappa shape index (κ3) is 1.61. The molecule has 0 spiro atoms. The van der Waals surface area contributed by atoms with Crippen molar-refractivity contribution in [2.45, 2.75) is 6.04 Å². The van der Waals surface area contributed by atoms with Crippen LogP contribution >= 0.6 is 11.6 Å². The van der Waals surface area contributed by atoms with E-state index < -0.39 is 0 Å². The van der Waals surface area contributed by atoms with Crippen molar-refractivity contribution < 1.29 is 5.11 Å². The Morgan fingerprint density at radius 1 is 1.57 bits per heavy atom. The van der Waals surface area contributed by atoms with Crippen molar-refractivity contribution in [3.8, 4) is 5.75 Å². The van der Waals surface area contributed by atoms with Crippen molar-refractivity contribution in [1.82, 2.24) is 5.32 Å². The first kappa shape index (κ1) is 9.15. The van der Waals surface area contributed by atoms with Gasteiger partial charge < -0.3 is 16.2 Å². The largest absolute Gasteiger partial charge is 0.506 e. The first-order valence-electron chi connectivity index (χ1n) is 4.21. The van der Waals surface area contributed by atoms with E-state index in [1.807, 2.05) is 0 Å². The van der Waals surface area contributed by atoms with Crippen molar-refractivity contribution in [1.29, 1.82) is 0 Å². The van der Waals surface area contributed by atoms with Crippen LogP contribution in [0.5, 0.6) is 5.75 Å². The number of rotatable bonds is 1. The molecule has 0 aliphatic carbocycles. The van der Waals surface area contributed by atoms with Gasteiger partial charge in [-0.15, -0.1) is 0 Å². The van der Waals surface area contributed by atoms with E-state index in [0.717, 1.165) is 5.56 Å². The molecule has 1 aliphatic heterocycles. The number of nitrogens with zero attached hydrogens (tertiary/aromatic N) is 1. The van der Waals surface area contributed by atoms with Crippen LogP contribution in [0.2, 0.25) is 5.02 Å².